The molecule has 1 aliphatic rings. The molecule has 3 atom stereocenters. The lowest BCUT2D eigenvalue weighted by Gasteiger charge is -2.36. The SMILES string of the molecule is O[C@H]1CO/C(=C\OCc2ccccc2)[C@@H](OCc2ccccc2)[C@@H]1OCc1ccccc1. The highest BCUT2D eigenvalue weighted by Crippen LogP contribution is 2.27. The van der Waals surface area contributed by atoms with Crippen LogP contribution >= 0.6 is 0 Å². The minimum atomic E-state index is -0.814. The minimum absolute atomic E-state index is 0.116. The van der Waals surface area contributed by atoms with E-state index in [1.807, 2.05) is 91.0 Å². The van der Waals surface area contributed by atoms with Crippen molar-refractivity contribution in [2.75, 3.05) is 6.61 Å². The summed E-state index contributed by atoms with van der Waals surface area (Å²) in [6.07, 6.45) is -0.420. The van der Waals surface area contributed by atoms with Gasteiger partial charge in [0.05, 0.1) is 13.2 Å². The number of hydrogen-bond acceptors (Lipinski definition) is 5. The summed E-state index contributed by atoms with van der Waals surface area (Å²) in [6, 6.07) is 29.7. The molecule has 32 heavy (non-hydrogen) atoms. The molecule has 166 valence electrons. The number of hydrogen-bond donors (Lipinski definition) is 1. The van der Waals surface area contributed by atoms with Gasteiger partial charge in [-0.05, 0) is 16.7 Å². The van der Waals surface area contributed by atoms with Gasteiger partial charge in [-0.3, -0.25) is 0 Å². The van der Waals surface area contributed by atoms with Crippen molar-refractivity contribution in [3.8, 4) is 0 Å². The Balaban J connectivity index is 1.47. The second-order valence-corrected chi connectivity index (χ2v) is 7.67. The second-order valence-electron chi connectivity index (χ2n) is 7.67. The summed E-state index contributed by atoms with van der Waals surface area (Å²) in [6.45, 7) is 1.26. The van der Waals surface area contributed by atoms with Gasteiger partial charge >= 0.3 is 0 Å². The van der Waals surface area contributed by atoms with Gasteiger partial charge in [0, 0.05) is 0 Å². The zero-order valence-corrected chi connectivity index (χ0v) is 17.9. The summed E-state index contributed by atoms with van der Waals surface area (Å²) < 4.78 is 23.9. The molecule has 0 bridgehead atoms. The highest BCUT2D eigenvalue weighted by Gasteiger charge is 2.39. The van der Waals surface area contributed by atoms with Gasteiger partial charge in [-0.1, -0.05) is 91.0 Å². The average molecular weight is 433 g/mol. The molecule has 0 saturated carbocycles. The third-order valence-electron chi connectivity index (χ3n) is 5.23. The van der Waals surface area contributed by atoms with Crippen LogP contribution in [0.4, 0.5) is 0 Å². The maximum absolute atomic E-state index is 10.6. The van der Waals surface area contributed by atoms with E-state index in [0.29, 0.717) is 25.6 Å². The molecule has 1 fully saturated rings. The van der Waals surface area contributed by atoms with Gasteiger partial charge in [0.15, 0.2) is 5.76 Å². The lowest BCUT2D eigenvalue weighted by molar-refractivity contribution is -0.172. The predicted octanol–water partition coefficient (Wildman–Crippen LogP) is 4.61. The number of aliphatic hydroxyl groups is 1. The van der Waals surface area contributed by atoms with Crippen molar-refractivity contribution in [2.45, 2.75) is 38.1 Å². The van der Waals surface area contributed by atoms with Crippen molar-refractivity contribution in [2.24, 2.45) is 0 Å². The molecule has 1 aliphatic heterocycles. The zero-order valence-electron chi connectivity index (χ0n) is 17.9. The van der Waals surface area contributed by atoms with Gasteiger partial charge in [-0.15, -0.1) is 0 Å². The molecule has 1 heterocycles. The van der Waals surface area contributed by atoms with E-state index in [4.69, 9.17) is 18.9 Å². The van der Waals surface area contributed by atoms with Crippen LogP contribution in [-0.4, -0.2) is 30.0 Å². The van der Waals surface area contributed by atoms with Crippen LogP contribution in [0.1, 0.15) is 16.7 Å². The molecule has 1 saturated heterocycles. The van der Waals surface area contributed by atoms with E-state index >= 15 is 0 Å². The van der Waals surface area contributed by atoms with E-state index < -0.39 is 18.3 Å². The van der Waals surface area contributed by atoms with E-state index in [-0.39, 0.29) is 6.61 Å². The first-order valence-electron chi connectivity index (χ1n) is 10.8. The predicted molar refractivity (Wildman–Crippen MR) is 121 cm³/mol. The Morgan fingerprint density at radius 2 is 1.22 bits per heavy atom. The van der Waals surface area contributed by atoms with Crippen molar-refractivity contribution in [1.29, 1.82) is 0 Å². The lowest BCUT2D eigenvalue weighted by atomic mass is 10.0. The molecular formula is C27H28O5. The smallest absolute Gasteiger partial charge is 0.162 e. The Morgan fingerprint density at radius 3 is 1.78 bits per heavy atom. The van der Waals surface area contributed by atoms with Crippen LogP contribution in [0, 0.1) is 0 Å². The Morgan fingerprint density at radius 1 is 0.719 bits per heavy atom. The Hall–Kier alpha value is -3.12. The van der Waals surface area contributed by atoms with Crippen molar-refractivity contribution in [3.63, 3.8) is 0 Å². The monoisotopic (exact) mass is 432 g/mol. The fraction of sp³-hybridized carbons (Fsp3) is 0.259. The summed E-state index contributed by atoms with van der Waals surface area (Å²) in [4.78, 5) is 0. The summed E-state index contributed by atoms with van der Waals surface area (Å²) >= 11 is 0. The molecule has 0 aliphatic carbocycles. The molecule has 5 heteroatoms. The normalized spacial score (nSPS) is 21.8. The third kappa shape index (κ3) is 6.20. The average Bonchev–Trinajstić information content (AvgIpc) is 2.85. The van der Waals surface area contributed by atoms with Crippen molar-refractivity contribution in [3.05, 3.63) is 120 Å². The molecule has 3 aromatic carbocycles. The van der Waals surface area contributed by atoms with Gasteiger partial charge in [0.2, 0.25) is 0 Å². The highest BCUT2D eigenvalue weighted by atomic mass is 16.6. The molecule has 1 N–H and O–H groups in total. The number of benzene rings is 3. The lowest BCUT2D eigenvalue weighted by Crippen LogP contribution is -2.49. The van der Waals surface area contributed by atoms with Crippen molar-refractivity contribution < 1.29 is 24.1 Å². The maximum atomic E-state index is 10.6. The third-order valence-corrected chi connectivity index (χ3v) is 5.23. The van der Waals surface area contributed by atoms with Gasteiger partial charge in [0.25, 0.3) is 0 Å². The molecule has 0 unspecified atom stereocenters. The van der Waals surface area contributed by atoms with Gasteiger partial charge in [-0.25, -0.2) is 0 Å². The van der Waals surface area contributed by atoms with E-state index in [1.54, 1.807) is 6.26 Å². The van der Waals surface area contributed by atoms with Gasteiger partial charge < -0.3 is 24.1 Å². The fourth-order valence-corrected chi connectivity index (χ4v) is 3.52. The first-order chi connectivity index (χ1) is 15.8. The van der Waals surface area contributed by atoms with Crippen LogP contribution in [0.2, 0.25) is 0 Å². The Labute approximate surface area is 188 Å². The molecule has 0 amide bonds. The van der Waals surface area contributed by atoms with E-state index in [0.717, 1.165) is 16.7 Å². The van der Waals surface area contributed by atoms with E-state index in [1.165, 1.54) is 0 Å². The summed E-state index contributed by atoms with van der Waals surface area (Å²) in [5.74, 6) is 0.514. The first-order valence-corrected chi connectivity index (χ1v) is 10.8. The van der Waals surface area contributed by atoms with Crippen LogP contribution in [-0.2, 0) is 38.8 Å². The first kappa shape index (κ1) is 22.1. The zero-order chi connectivity index (χ0) is 22.0. The van der Waals surface area contributed by atoms with Crippen molar-refractivity contribution in [1.82, 2.24) is 0 Å². The molecule has 5 nitrogen and oxygen atoms in total. The van der Waals surface area contributed by atoms with Crippen LogP contribution in [0.15, 0.2) is 103 Å². The van der Waals surface area contributed by atoms with Crippen LogP contribution in [0.25, 0.3) is 0 Å². The molecule has 0 radical (unpaired) electrons. The van der Waals surface area contributed by atoms with Crippen LogP contribution in [0.3, 0.4) is 0 Å². The maximum Gasteiger partial charge on any atom is 0.162 e. The molecular weight excluding hydrogens is 404 g/mol. The van der Waals surface area contributed by atoms with Crippen LogP contribution < -0.4 is 0 Å². The van der Waals surface area contributed by atoms with Gasteiger partial charge in [-0.2, -0.15) is 0 Å². The molecule has 0 spiro atoms. The second kappa shape index (κ2) is 11.5. The highest BCUT2D eigenvalue weighted by molar-refractivity contribution is 5.16. The summed E-state index contributed by atoms with van der Waals surface area (Å²) in [5.41, 5.74) is 3.11. The number of aliphatic hydroxyl groups excluding tert-OH is 1. The van der Waals surface area contributed by atoms with Crippen molar-refractivity contribution >= 4 is 0 Å². The topological polar surface area (TPSA) is 57.2 Å². The Bertz CT molecular complexity index is 959. The van der Waals surface area contributed by atoms with E-state index in [2.05, 4.69) is 0 Å². The van der Waals surface area contributed by atoms with E-state index in [9.17, 15) is 5.11 Å². The largest absolute Gasteiger partial charge is 0.493 e. The molecule has 0 aromatic heterocycles. The fourth-order valence-electron chi connectivity index (χ4n) is 3.52. The molecule has 3 aromatic rings. The molecule has 4 rings (SSSR count). The Kier molecular flexibility index (Phi) is 7.93. The summed E-state index contributed by atoms with van der Waals surface area (Å²) in [5, 5.41) is 10.6. The minimum Gasteiger partial charge on any atom is -0.493 e. The standard InChI is InChI=1S/C27H28O5/c28-24-19-30-25(20-29-16-21-10-4-1-5-11-21)27(32-18-23-14-8-3-9-15-23)26(24)31-17-22-12-6-2-7-13-22/h1-15,20,24,26-28H,16-19H2/b25-20-/t24-,26+,27+/m0/s1. The van der Waals surface area contributed by atoms with Crippen LogP contribution in [0.5, 0.6) is 0 Å². The quantitative estimate of drug-likeness (QED) is 0.501. The number of rotatable bonds is 9. The number of ether oxygens (including phenoxy) is 4. The van der Waals surface area contributed by atoms with Gasteiger partial charge in [0.1, 0.15) is 37.8 Å². The summed E-state index contributed by atoms with van der Waals surface area (Å²) in [7, 11) is 0.